The summed E-state index contributed by atoms with van der Waals surface area (Å²) in [6.45, 7) is 3.89. The third kappa shape index (κ3) is 2.26. The molecule has 86 valence electrons. The Hall–Kier alpha value is -1.96. The van der Waals surface area contributed by atoms with Crippen molar-refractivity contribution in [3.8, 4) is 11.3 Å². The second-order valence-electron chi connectivity index (χ2n) is 3.99. The van der Waals surface area contributed by atoms with Gasteiger partial charge in [-0.1, -0.05) is 31.2 Å². The lowest BCUT2D eigenvalue weighted by Crippen LogP contribution is -2.02. The summed E-state index contributed by atoms with van der Waals surface area (Å²) < 4.78 is 0. The van der Waals surface area contributed by atoms with Crippen LogP contribution in [-0.4, -0.2) is 10.8 Å². The first-order valence-corrected chi connectivity index (χ1v) is 5.78. The molecule has 0 aliphatic rings. The van der Waals surface area contributed by atoms with Gasteiger partial charge in [-0.3, -0.25) is 9.78 Å². The fraction of sp³-hybridized carbons (Fsp3) is 0.200. The zero-order valence-electron chi connectivity index (χ0n) is 10.1. The van der Waals surface area contributed by atoms with Crippen LogP contribution in [0.2, 0.25) is 0 Å². The molecule has 2 rings (SSSR count). The zero-order valence-corrected chi connectivity index (χ0v) is 10.1. The standard InChI is InChI=1S/C15H15NO/c1-3-14(17)12-8-6-7-11(2)15(12)13-9-4-5-10-16-13/h4-10H,3H2,1-2H3. The molecule has 1 heterocycles. The van der Waals surface area contributed by atoms with Crippen molar-refractivity contribution in [3.63, 3.8) is 0 Å². The highest BCUT2D eigenvalue weighted by Gasteiger charge is 2.13. The van der Waals surface area contributed by atoms with Crippen molar-refractivity contribution in [2.24, 2.45) is 0 Å². The van der Waals surface area contributed by atoms with Gasteiger partial charge in [0, 0.05) is 23.7 Å². The second-order valence-corrected chi connectivity index (χ2v) is 3.99. The Morgan fingerprint density at radius 1 is 1.18 bits per heavy atom. The first kappa shape index (κ1) is 11.5. The minimum Gasteiger partial charge on any atom is -0.294 e. The summed E-state index contributed by atoms with van der Waals surface area (Å²) in [4.78, 5) is 16.3. The van der Waals surface area contributed by atoms with E-state index in [1.54, 1.807) is 6.20 Å². The maximum Gasteiger partial charge on any atom is 0.163 e. The van der Waals surface area contributed by atoms with E-state index in [-0.39, 0.29) is 5.78 Å². The topological polar surface area (TPSA) is 30.0 Å². The molecule has 0 saturated carbocycles. The van der Waals surface area contributed by atoms with Crippen LogP contribution in [0.25, 0.3) is 11.3 Å². The smallest absolute Gasteiger partial charge is 0.163 e. The molecule has 0 aliphatic heterocycles. The average molecular weight is 225 g/mol. The fourth-order valence-corrected chi connectivity index (χ4v) is 1.94. The van der Waals surface area contributed by atoms with Crippen molar-refractivity contribution in [3.05, 3.63) is 53.7 Å². The van der Waals surface area contributed by atoms with Crippen LogP contribution >= 0.6 is 0 Å². The van der Waals surface area contributed by atoms with Gasteiger partial charge in [0.15, 0.2) is 5.78 Å². The SMILES string of the molecule is CCC(=O)c1cccc(C)c1-c1ccccn1. The van der Waals surface area contributed by atoms with Crippen LogP contribution in [0.4, 0.5) is 0 Å². The van der Waals surface area contributed by atoms with Gasteiger partial charge in [-0.15, -0.1) is 0 Å². The van der Waals surface area contributed by atoms with Crippen LogP contribution in [0.3, 0.4) is 0 Å². The number of hydrogen-bond acceptors (Lipinski definition) is 2. The molecule has 17 heavy (non-hydrogen) atoms. The molecule has 1 aromatic carbocycles. The van der Waals surface area contributed by atoms with E-state index in [9.17, 15) is 4.79 Å². The molecule has 0 atom stereocenters. The summed E-state index contributed by atoms with van der Waals surface area (Å²) >= 11 is 0. The molecule has 1 aromatic heterocycles. The molecule has 0 saturated heterocycles. The predicted molar refractivity (Wildman–Crippen MR) is 69.0 cm³/mol. The minimum absolute atomic E-state index is 0.161. The lowest BCUT2D eigenvalue weighted by molar-refractivity contribution is 0.0988. The molecular weight excluding hydrogens is 210 g/mol. The Morgan fingerprint density at radius 3 is 2.65 bits per heavy atom. The van der Waals surface area contributed by atoms with E-state index in [1.165, 1.54) is 0 Å². The monoisotopic (exact) mass is 225 g/mol. The van der Waals surface area contributed by atoms with E-state index in [1.807, 2.05) is 50.2 Å². The predicted octanol–water partition coefficient (Wildman–Crippen LogP) is 3.65. The van der Waals surface area contributed by atoms with E-state index in [0.717, 1.165) is 22.4 Å². The second kappa shape index (κ2) is 4.91. The van der Waals surface area contributed by atoms with Crippen LogP contribution in [0.5, 0.6) is 0 Å². The largest absolute Gasteiger partial charge is 0.294 e. The van der Waals surface area contributed by atoms with E-state index in [0.29, 0.717) is 6.42 Å². The zero-order chi connectivity index (χ0) is 12.3. The van der Waals surface area contributed by atoms with Crippen LogP contribution in [0.1, 0.15) is 29.3 Å². The molecule has 0 spiro atoms. The molecule has 2 nitrogen and oxygen atoms in total. The normalized spacial score (nSPS) is 10.2. The van der Waals surface area contributed by atoms with E-state index in [4.69, 9.17) is 0 Å². The molecule has 0 unspecified atom stereocenters. The van der Waals surface area contributed by atoms with Gasteiger partial charge >= 0.3 is 0 Å². The summed E-state index contributed by atoms with van der Waals surface area (Å²) in [5.74, 6) is 0.161. The highest BCUT2D eigenvalue weighted by atomic mass is 16.1. The summed E-state index contributed by atoms with van der Waals surface area (Å²) in [5.41, 5.74) is 3.68. The van der Waals surface area contributed by atoms with Crippen molar-refractivity contribution < 1.29 is 4.79 Å². The van der Waals surface area contributed by atoms with Gasteiger partial charge in [0.2, 0.25) is 0 Å². The number of Topliss-reactive ketones (excluding diaryl/α,β-unsaturated/α-hetero) is 1. The van der Waals surface area contributed by atoms with E-state index in [2.05, 4.69) is 4.98 Å². The molecule has 0 fully saturated rings. The van der Waals surface area contributed by atoms with Crippen molar-refractivity contribution in [2.75, 3.05) is 0 Å². The maximum atomic E-state index is 11.9. The van der Waals surface area contributed by atoms with Crippen LogP contribution in [0, 0.1) is 6.92 Å². The molecule has 0 radical (unpaired) electrons. The molecule has 2 heteroatoms. The Labute approximate surface area is 101 Å². The molecule has 0 amide bonds. The van der Waals surface area contributed by atoms with Crippen LogP contribution in [0.15, 0.2) is 42.6 Å². The van der Waals surface area contributed by atoms with Gasteiger partial charge in [-0.2, -0.15) is 0 Å². The number of pyridine rings is 1. The van der Waals surface area contributed by atoms with Crippen molar-refractivity contribution in [2.45, 2.75) is 20.3 Å². The summed E-state index contributed by atoms with van der Waals surface area (Å²) in [6, 6.07) is 11.6. The Bertz CT molecular complexity index is 532. The van der Waals surface area contributed by atoms with Gasteiger partial charge in [0.05, 0.1) is 5.69 Å². The van der Waals surface area contributed by atoms with Crippen molar-refractivity contribution >= 4 is 5.78 Å². The van der Waals surface area contributed by atoms with E-state index >= 15 is 0 Å². The minimum atomic E-state index is 0.161. The molecular formula is C15H15NO. The van der Waals surface area contributed by atoms with E-state index < -0.39 is 0 Å². The maximum absolute atomic E-state index is 11.9. The fourth-order valence-electron chi connectivity index (χ4n) is 1.94. The lowest BCUT2D eigenvalue weighted by Gasteiger charge is -2.10. The molecule has 0 bridgehead atoms. The number of carbonyl (C=O) groups is 1. The lowest BCUT2D eigenvalue weighted by atomic mass is 9.95. The molecule has 0 N–H and O–H groups in total. The quantitative estimate of drug-likeness (QED) is 0.746. The van der Waals surface area contributed by atoms with Gasteiger partial charge in [0.1, 0.15) is 0 Å². The van der Waals surface area contributed by atoms with Crippen LogP contribution in [-0.2, 0) is 0 Å². The van der Waals surface area contributed by atoms with Crippen LogP contribution < -0.4 is 0 Å². The average Bonchev–Trinajstić information content (AvgIpc) is 2.38. The number of rotatable bonds is 3. The Kier molecular flexibility index (Phi) is 3.33. The molecule has 2 aromatic rings. The number of benzene rings is 1. The Balaban J connectivity index is 2.64. The highest BCUT2D eigenvalue weighted by Crippen LogP contribution is 2.26. The molecule has 0 aliphatic carbocycles. The van der Waals surface area contributed by atoms with Crippen molar-refractivity contribution in [1.82, 2.24) is 4.98 Å². The third-order valence-corrected chi connectivity index (χ3v) is 2.82. The Morgan fingerprint density at radius 2 is 2.00 bits per heavy atom. The van der Waals surface area contributed by atoms with Gasteiger partial charge < -0.3 is 0 Å². The van der Waals surface area contributed by atoms with Gasteiger partial charge in [-0.25, -0.2) is 0 Å². The number of aryl methyl sites for hydroxylation is 1. The summed E-state index contributed by atoms with van der Waals surface area (Å²) in [5, 5.41) is 0. The first-order chi connectivity index (χ1) is 8.24. The van der Waals surface area contributed by atoms with Crippen molar-refractivity contribution in [1.29, 1.82) is 0 Å². The number of aromatic nitrogens is 1. The number of ketones is 1. The number of carbonyl (C=O) groups excluding carboxylic acids is 1. The summed E-state index contributed by atoms with van der Waals surface area (Å²) in [7, 11) is 0. The van der Waals surface area contributed by atoms with Gasteiger partial charge in [0.25, 0.3) is 0 Å². The number of hydrogen-bond donors (Lipinski definition) is 0. The van der Waals surface area contributed by atoms with Gasteiger partial charge in [-0.05, 0) is 24.6 Å². The highest BCUT2D eigenvalue weighted by molar-refractivity contribution is 6.02. The summed E-state index contributed by atoms with van der Waals surface area (Å²) in [6.07, 6.45) is 2.27. The first-order valence-electron chi connectivity index (χ1n) is 5.78. The number of nitrogens with zero attached hydrogens (tertiary/aromatic N) is 1. The third-order valence-electron chi connectivity index (χ3n) is 2.82.